The molecule has 4 aromatic heterocycles. The fourth-order valence-electron chi connectivity index (χ4n) is 8.38. The molecule has 6 aromatic carbocycles. The molecule has 1 atom stereocenters. The number of ether oxygens (including phenoxy) is 1. The van der Waals surface area contributed by atoms with Crippen LogP contribution >= 0.6 is 0 Å². The van der Waals surface area contributed by atoms with E-state index in [1.54, 1.807) is 0 Å². The van der Waals surface area contributed by atoms with E-state index in [0.29, 0.717) is 17.4 Å². The van der Waals surface area contributed by atoms with Crippen LogP contribution in [0.3, 0.4) is 0 Å². The van der Waals surface area contributed by atoms with Crippen LogP contribution in [0.15, 0.2) is 138 Å². The van der Waals surface area contributed by atoms with Gasteiger partial charge in [0, 0.05) is 40.2 Å². The molecule has 0 fully saturated rings. The third-order valence-electron chi connectivity index (χ3n) is 11.3. The van der Waals surface area contributed by atoms with E-state index in [-0.39, 0.29) is 21.1 Å². The van der Waals surface area contributed by atoms with Crippen molar-refractivity contribution in [3.05, 3.63) is 174 Å². The summed E-state index contributed by atoms with van der Waals surface area (Å²) >= 11 is 0. The van der Waals surface area contributed by atoms with Crippen LogP contribution in [0.5, 0.6) is 11.5 Å². The Bertz CT molecular complexity index is 3130. The Labute approximate surface area is 332 Å². The van der Waals surface area contributed by atoms with Crippen LogP contribution < -0.4 is 4.74 Å². The van der Waals surface area contributed by atoms with Crippen molar-refractivity contribution in [3.63, 3.8) is 0 Å². The van der Waals surface area contributed by atoms with Crippen molar-refractivity contribution in [2.24, 2.45) is 0 Å². The molecule has 266 valence electrons. The topological polar surface area (TPSA) is 53.1 Å². The molecular formula is C49H33N3O2Pt. The third kappa shape index (κ3) is 5.48. The van der Waals surface area contributed by atoms with Crippen molar-refractivity contribution in [1.82, 2.24) is 14.5 Å². The van der Waals surface area contributed by atoms with Crippen LogP contribution in [0.1, 0.15) is 33.7 Å². The quantitative estimate of drug-likeness (QED) is 0.162. The molecule has 11 rings (SSSR count). The average Bonchev–Trinajstić information content (AvgIpc) is 3.91. The second-order valence-corrected chi connectivity index (χ2v) is 14.5. The van der Waals surface area contributed by atoms with Crippen LogP contribution in [-0.4, -0.2) is 14.5 Å². The van der Waals surface area contributed by atoms with Crippen LogP contribution in [0.4, 0.5) is 0 Å². The molecule has 1 unspecified atom stereocenters. The SMILES string of the molecule is Cc1cnc(-n2c3[c-]c(Oc4[c-]c(-c5cc6c(cn5)CC(c5ccccc5)C6)c5oc6c7ccccc7ccc6c5c4)ccc3c3ccccc32)cc1C.[Pt+2]. The van der Waals surface area contributed by atoms with Gasteiger partial charge < -0.3 is 18.7 Å². The van der Waals surface area contributed by atoms with E-state index in [4.69, 9.17) is 19.1 Å². The monoisotopic (exact) mass is 890 g/mol. The Morgan fingerprint density at radius 2 is 1.42 bits per heavy atom. The van der Waals surface area contributed by atoms with Gasteiger partial charge in [-0.1, -0.05) is 120 Å². The van der Waals surface area contributed by atoms with Gasteiger partial charge in [-0.3, -0.25) is 0 Å². The summed E-state index contributed by atoms with van der Waals surface area (Å²) in [6.07, 6.45) is 5.93. The number of aromatic nitrogens is 3. The van der Waals surface area contributed by atoms with Gasteiger partial charge in [-0.05, 0) is 89.0 Å². The van der Waals surface area contributed by atoms with Crippen molar-refractivity contribution in [3.8, 4) is 28.6 Å². The molecular weight excluding hydrogens is 858 g/mol. The number of nitrogens with zero attached hydrogens (tertiary/aromatic N) is 3. The molecule has 0 saturated heterocycles. The van der Waals surface area contributed by atoms with Gasteiger partial charge in [0.25, 0.3) is 0 Å². The molecule has 0 amide bonds. The number of hydrogen-bond donors (Lipinski definition) is 0. The van der Waals surface area contributed by atoms with E-state index < -0.39 is 0 Å². The average molecular weight is 891 g/mol. The molecule has 1 aliphatic carbocycles. The van der Waals surface area contributed by atoms with Gasteiger partial charge in [0.2, 0.25) is 0 Å². The first kappa shape index (κ1) is 33.5. The standard InChI is InChI=1S/C49H33N3O2.Pt/c1-29-20-47(51-27-30(29)2)52-45-15-9-8-14-39(45)40-19-17-36(26-46(40)52)53-37-24-42-41-18-16-32-12-6-7-13-38(32)48(41)54-49(42)43(25-37)44-23-34-21-33(22-35(34)28-50-44)31-10-4-3-5-11-31;/h3-20,23-24,27-28,33H,21-22H2,1-2H3;/q-2;+2. The van der Waals surface area contributed by atoms with Crippen LogP contribution in [0.2, 0.25) is 0 Å². The Hall–Kier alpha value is -6.03. The van der Waals surface area contributed by atoms with Crippen LogP contribution in [0.25, 0.3) is 71.6 Å². The van der Waals surface area contributed by atoms with Gasteiger partial charge in [0.05, 0.1) is 5.58 Å². The molecule has 0 radical (unpaired) electrons. The van der Waals surface area contributed by atoms with Crippen LogP contribution in [-0.2, 0) is 33.9 Å². The summed E-state index contributed by atoms with van der Waals surface area (Å²) in [6.45, 7) is 4.21. The van der Waals surface area contributed by atoms with Crippen molar-refractivity contribution in [2.75, 3.05) is 0 Å². The fourth-order valence-corrected chi connectivity index (χ4v) is 8.38. The molecule has 5 nitrogen and oxygen atoms in total. The number of pyridine rings is 2. The van der Waals surface area contributed by atoms with Gasteiger partial charge in [-0.15, -0.1) is 17.5 Å². The minimum atomic E-state index is 0. The van der Waals surface area contributed by atoms with Crippen molar-refractivity contribution >= 4 is 54.5 Å². The zero-order valence-corrected chi connectivity index (χ0v) is 32.4. The summed E-state index contributed by atoms with van der Waals surface area (Å²) in [7, 11) is 0. The number of furan rings is 1. The summed E-state index contributed by atoms with van der Waals surface area (Å²) in [5, 5.41) is 6.40. The molecule has 10 aromatic rings. The van der Waals surface area contributed by atoms with E-state index in [1.165, 1.54) is 22.3 Å². The number of para-hydroxylation sites is 1. The predicted octanol–water partition coefficient (Wildman–Crippen LogP) is 12.2. The maximum atomic E-state index is 6.80. The number of hydrogen-bond acceptors (Lipinski definition) is 4. The first-order valence-electron chi connectivity index (χ1n) is 18.5. The van der Waals surface area contributed by atoms with E-state index in [9.17, 15) is 0 Å². The first-order chi connectivity index (χ1) is 26.6. The van der Waals surface area contributed by atoms with Gasteiger partial charge in [0.1, 0.15) is 11.4 Å². The minimum Gasteiger partial charge on any atom is -0.503 e. The summed E-state index contributed by atoms with van der Waals surface area (Å²) in [5.74, 6) is 2.44. The molecule has 0 saturated carbocycles. The molecule has 0 N–H and O–H groups in total. The first-order valence-corrected chi connectivity index (χ1v) is 18.5. The summed E-state index contributed by atoms with van der Waals surface area (Å²) < 4.78 is 15.7. The zero-order chi connectivity index (χ0) is 35.9. The third-order valence-corrected chi connectivity index (χ3v) is 11.3. The molecule has 1 aliphatic rings. The van der Waals surface area contributed by atoms with Gasteiger partial charge >= 0.3 is 21.1 Å². The fraction of sp³-hybridized carbons (Fsp3) is 0.102. The van der Waals surface area contributed by atoms with Crippen molar-refractivity contribution in [1.29, 1.82) is 0 Å². The Morgan fingerprint density at radius 1 is 0.636 bits per heavy atom. The Balaban J connectivity index is 0.00000372. The second-order valence-electron chi connectivity index (χ2n) is 14.5. The Kier molecular flexibility index (Phi) is 7.97. The van der Waals surface area contributed by atoms with Crippen LogP contribution in [0, 0.1) is 26.0 Å². The number of rotatable bonds is 5. The molecule has 6 heteroatoms. The van der Waals surface area contributed by atoms with E-state index in [2.05, 4.69) is 140 Å². The number of fused-ring (bicyclic) bond motifs is 9. The van der Waals surface area contributed by atoms with E-state index >= 15 is 0 Å². The van der Waals surface area contributed by atoms with Crippen molar-refractivity contribution in [2.45, 2.75) is 32.6 Å². The van der Waals surface area contributed by atoms with Crippen molar-refractivity contribution < 1.29 is 30.2 Å². The summed E-state index contributed by atoms with van der Waals surface area (Å²) in [5.41, 5.74) is 11.5. The minimum absolute atomic E-state index is 0. The molecule has 0 bridgehead atoms. The number of aryl methyl sites for hydroxylation is 2. The smallest absolute Gasteiger partial charge is 0.503 e. The largest absolute Gasteiger partial charge is 2.00 e. The molecule has 4 heterocycles. The summed E-state index contributed by atoms with van der Waals surface area (Å²) in [4.78, 5) is 9.88. The maximum Gasteiger partial charge on any atom is 2.00 e. The van der Waals surface area contributed by atoms with Gasteiger partial charge in [-0.2, -0.15) is 6.07 Å². The normalized spacial score (nSPS) is 13.9. The zero-order valence-electron chi connectivity index (χ0n) is 30.2. The number of benzene rings is 6. The Morgan fingerprint density at radius 3 is 2.29 bits per heavy atom. The maximum absolute atomic E-state index is 6.80. The van der Waals surface area contributed by atoms with E-state index in [1.807, 2.05) is 24.5 Å². The predicted molar refractivity (Wildman–Crippen MR) is 217 cm³/mol. The molecule has 55 heavy (non-hydrogen) atoms. The summed E-state index contributed by atoms with van der Waals surface area (Å²) in [6, 6.07) is 49.6. The molecule has 0 aliphatic heterocycles. The van der Waals surface area contributed by atoms with Gasteiger partial charge in [-0.25, -0.2) is 4.98 Å². The second kappa shape index (κ2) is 13.1. The van der Waals surface area contributed by atoms with Gasteiger partial charge in [0.15, 0.2) is 0 Å². The van der Waals surface area contributed by atoms with E-state index in [0.717, 1.165) is 90.0 Å². The molecule has 0 spiro atoms.